The van der Waals surface area contributed by atoms with Gasteiger partial charge >= 0.3 is 0 Å². The Morgan fingerprint density at radius 1 is 1.13 bits per heavy atom. The fourth-order valence-corrected chi connectivity index (χ4v) is 3.34. The Morgan fingerprint density at radius 2 is 1.74 bits per heavy atom. The first-order valence-electron chi connectivity index (χ1n) is 7.75. The van der Waals surface area contributed by atoms with Gasteiger partial charge in [0.25, 0.3) is 0 Å². The SMILES string of the molecule is Cc1cc(C)cc(N(C)C(=O)CSCC(=O)N2CCOCC2)c1. The van der Waals surface area contributed by atoms with Gasteiger partial charge in [0.1, 0.15) is 0 Å². The molecule has 0 aromatic heterocycles. The molecule has 1 aromatic carbocycles. The van der Waals surface area contributed by atoms with Crippen LogP contribution in [-0.2, 0) is 14.3 Å². The molecule has 1 aromatic rings. The second kappa shape index (κ2) is 8.36. The fraction of sp³-hybridized carbons (Fsp3) is 0.529. The number of nitrogens with zero attached hydrogens (tertiary/aromatic N) is 2. The van der Waals surface area contributed by atoms with E-state index in [-0.39, 0.29) is 11.8 Å². The van der Waals surface area contributed by atoms with Crippen molar-refractivity contribution in [2.24, 2.45) is 0 Å². The fourth-order valence-electron chi connectivity index (χ4n) is 2.51. The van der Waals surface area contributed by atoms with Gasteiger partial charge in [-0.25, -0.2) is 0 Å². The molecule has 1 saturated heterocycles. The van der Waals surface area contributed by atoms with Gasteiger partial charge in [-0.1, -0.05) is 6.07 Å². The van der Waals surface area contributed by atoms with E-state index in [1.54, 1.807) is 16.8 Å². The van der Waals surface area contributed by atoms with Crippen LogP contribution in [-0.4, -0.2) is 61.6 Å². The highest BCUT2D eigenvalue weighted by atomic mass is 32.2. The molecule has 1 aliphatic heterocycles. The minimum atomic E-state index is 0.00905. The highest BCUT2D eigenvalue weighted by Gasteiger charge is 2.18. The molecular formula is C17H24N2O3S. The van der Waals surface area contributed by atoms with E-state index in [2.05, 4.69) is 6.07 Å². The number of rotatable bonds is 5. The Morgan fingerprint density at radius 3 is 2.35 bits per heavy atom. The monoisotopic (exact) mass is 336 g/mol. The zero-order chi connectivity index (χ0) is 16.8. The average Bonchev–Trinajstić information content (AvgIpc) is 2.53. The summed E-state index contributed by atoms with van der Waals surface area (Å²) in [4.78, 5) is 27.8. The van der Waals surface area contributed by atoms with Gasteiger partial charge in [-0.2, -0.15) is 0 Å². The van der Waals surface area contributed by atoms with Gasteiger partial charge < -0.3 is 14.5 Å². The lowest BCUT2D eigenvalue weighted by atomic mass is 10.1. The second-order valence-electron chi connectivity index (χ2n) is 5.78. The Kier molecular flexibility index (Phi) is 6.47. The molecule has 2 rings (SSSR count). The lowest BCUT2D eigenvalue weighted by Gasteiger charge is -2.26. The van der Waals surface area contributed by atoms with E-state index in [9.17, 15) is 9.59 Å². The maximum absolute atomic E-state index is 12.3. The van der Waals surface area contributed by atoms with Crippen molar-refractivity contribution < 1.29 is 14.3 Å². The lowest BCUT2D eigenvalue weighted by Crippen LogP contribution is -2.41. The van der Waals surface area contributed by atoms with Crippen molar-refractivity contribution in [2.45, 2.75) is 13.8 Å². The Bertz CT molecular complexity index is 551. The van der Waals surface area contributed by atoms with Crippen LogP contribution in [0.3, 0.4) is 0 Å². The Labute approximate surface area is 142 Å². The molecule has 0 aliphatic carbocycles. The van der Waals surface area contributed by atoms with Crippen LogP contribution in [0.25, 0.3) is 0 Å². The van der Waals surface area contributed by atoms with Crippen LogP contribution >= 0.6 is 11.8 Å². The van der Waals surface area contributed by atoms with Gasteiger partial charge in [0, 0.05) is 25.8 Å². The molecule has 0 atom stereocenters. The van der Waals surface area contributed by atoms with Gasteiger partial charge in [0.05, 0.1) is 24.7 Å². The molecule has 126 valence electrons. The number of benzene rings is 1. The summed E-state index contributed by atoms with van der Waals surface area (Å²) in [5.74, 6) is 0.737. The number of hydrogen-bond donors (Lipinski definition) is 0. The van der Waals surface area contributed by atoms with Crippen molar-refractivity contribution in [3.8, 4) is 0 Å². The molecule has 23 heavy (non-hydrogen) atoms. The molecule has 5 nitrogen and oxygen atoms in total. The summed E-state index contributed by atoms with van der Waals surface area (Å²) < 4.78 is 5.23. The highest BCUT2D eigenvalue weighted by Crippen LogP contribution is 2.18. The van der Waals surface area contributed by atoms with Crippen LogP contribution in [0.4, 0.5) is 5.69 Å². The third-order valence-corrected chi connectivity index (χ3v) is 4.68. The number of anilines is 1. The number of carbonyl (C=O) groups is 2. The van der Waals surface area contributed by atoms with Crippen molar-refractivity contribution in [1.29, 1.82) is 0 Å². The summed E-state index contributed by atoms with van der Waals surface area (Å²) in [5, 5.41) is 0. The maximum Gasteiger partial charge on any atom is 0.236 e. The van der Waals surface area contributed by atoms with Gasteiger partial charge in [-0.05, 0) is 37.1 Å². The van der Waals surface area contributed by atoms with Crippen LogP contribution in [0.2, 0.25) is 0 Å². The van der Waals surface area contributed by atoms with E-state index in [1.165, 1.54) is 11.8 Å². The smallest absolute Gasteiger partial charge is 0.236 e. The molecule has 6 heteroatoms. The van der Waals surface area contributed by atoms with Crippen molar-refractivity contribution in [1.82, 2.24) is 4.90 Å². The largest absolute Gasteiger partial charge is 0.378 e. The van der Waals surface area contributed by atoms with Gasteiger partial charge in [0.15, 0.2) is 0 Å². The molecule has 1 aliphatic rings. The third-order valence-electron chi connectivity index (χ3n) is 3.78. The Balaban J connectivity index is 1.80. The second-order valence-corrected chi connectivity index (χ2v) is 6.77. The number of carbonyl (C=O) groups excluding carboxylic acids is 2. The van der Waals surface area contributed by atoms with E-state index in [1.807, 2.05) is 26.0 Å². The number of amides is 2. The van der Waals surface area contributed by atoms with Crippen LogP contribution in [0.1, 0.15) is 11.1 Å². The molecule has 2 amide bonds. The average molecular weight is 336 g/mol. The molecule has 0 N–H and O–H groups in total. The molecule has 0 radical (unpaired) electrons. The number of hydrogen-bond acceptors (Lipinski definition) is 4. The zero-order valence-corrected chi connectivity index (χ0v) is 14.8. The maximum atomic E-state index is 12.3. The highest BCUT2D eigenvalue weighted by molar-refractivity contribution is 8.00. The summed E-state index contributed by atoms with van der Waals surface area (Å²) in [7, 11) is 1.78. The van der Waals surface area contributed by atoms with Crippen LogP contribution in [0.5, 0.6) is 0 Å². The van der Waals surface area contributed by atoms with E-state index < -0.39 is 0 Å². The van der Waals surface area contributed by atoms with E-state index >= 15 is 0 Å². The molecule has 1 fully saturated rings. The zero-order valence-electron chi connectivity index (χ0n) is 14.0. The first-order chi connectivity index (χ1) is 11.0. The molecule has 0 saturated carbocycles. The number of ether oxygens (including phenoxy) is 1. The van der Waals surface area contributed by atoms with E-state index in [0.29, 0.717) is 37.8 Å². The molecule has 0 bridgehead atoms. The molecule has 1 heterocycles. The van der Waals surface area contributed by atoms with Crippen molar-refractivity contribution in [3.63, 3.8) is 0 Å². The number of thioether (sulfide) groups is 1. The van der Waals surface area contributed by atoms with Crippen molar-refractivity contribution >= 4 is 29.3 Å². The molecule has 0 spiro atoms. The minimum absolute atomic E-state index is 0.00905. The van der Waals surface area contributed by atoms with Crippen molar-refractivity contribution in [2.75, 3.05) is 49.8 Å². The number of aryl methyl sites for hydroxylation is 2. The minimum Gasteiger partial charge on any atom is -0.378 e. The normalized spacial score (nSPS) is 14.7. The van der Waals surface area contributed by atoms with E-state index in [4.69, 9.17) is 4.74 Å². The number of morpholine rings is 1. The van der Waals surface area contributed by atoms with Gasteiger partial charge in [-0.15, -0.1) is 11.8 Å². The van der Waals surface area contributed by atoms with Crippen molar-refractivity contribution in [3.05, 3.63) is 29.3 Å². The topological polar surface area (TPSA) is 49.9 Å². The summed E-state index contributed by atoms with van der Waals surface area (Å²) in [5.41, 5.74) is 3.16. The molecular weight excluding hydrogens is 312 g/mol. The first kappa shape index (κ1) is 17.8. The summed E-state index contributed by atoms with van der Waals surface area (Å²) >= 11 is 1.37. The van der Waals surface area contributed by atoms with Gasteiger partial charge in [0.2, 0.25) is 11.8 Å². The van der Waals surface area contributed by atoms with E-state index in [0.717, 1.165) is 16.8 Å². The first-order valence-corrected chi connectivity index (χ1v) is 8.91. The van der Waals surface area contributed by atoms with Crippen LogP contribution < -0.4 is 4.90 Å². The van der Waals surface area contributed by atoms with Gasteiger partial charge in [-0.3, -0.25) is 9.59 Å². The predicted molar refractivity (Wildman–Crippen MR) is 94.1 cm³/mol. The molecule has 0 unspecified atom stereocenters. The Hall–Kier alpha value is -1.53. The standard InChI is InChI=1S/C17H24N2O3S/c1-13-8-14(2)10-15(9-13)18(3)16(20)11-23-12-17(21)19-4-6-22-7-5-19/h8-10H,4-7,11-12H2,1-3H3. The van der Waals surface area contributed by atoms with Crippen LogP contribution in [0.15, 0.2) is 18.2 Å². The predicted octanol–water partition coefficient (Wildman–Crippen LogP) is 1.86. The summed E-state index contributed by atoms with van der Waals surface area (Å²) in [6.45, 7) is 6.54. The summed E-state index contributed by atoms with van der Waals surface area (Å²) in [6, 6.07) is 6.07. The van der Waals surface area contributed by atoms with Crippen LogP contribution in [0, 0.1) is 13.8 Å². The quantitative estimate of drug-likeness (QED) is 0.823. The third kappa shape index (κ3) is 5.25. The lowest BCUT2D eigenvalue weighted by molar-refractivity contribution is -0.132. The summed E-state index contributed by atoms with van der Waals surface area (Å²) in [6.07, 6.45) is 0.